The van der Waals surface area contributed by atoms with Crippen LogP contribution in [0.1, 0.15) is 32.1 Å². The minimum absolute atomic E-state index is 0.0436. The van der Waals surface area contributed by atoms with Crippen molar-refractivity contribution in [3.8, 4) is 0 Å². The molecule has 1 amide bonds. The van der Waals surface area contributed by atoms with E-state index in [0.29, 0.717) is 12.1 Å². The highest BCUT2D eigenvalue weighted by Crippen LogP contribution is 2.30. The van der Waals surface area contributed by atoms with E-state index < -0.39 is 0 Å². The first kappa shape index (κ1) is 14.3. The quantitative estimate of drug-likeness (QED) is 0.775. The number of carbonyl (C=O) groups is 1. The lowest BCUT2D eigenvalue weighted by molar-refractivity contribution is 0.0950. The third-order valence-electron chi connectivity index (χ3n) is 3.40. The van der Waals surface area contributed by atoms with E-state index in [1.165, 1.54) is 34.6 Å². The highest BCUT2D eigenvalue weighted by Gasteiger charge is 2.15. The number of nitrogens with one attached hydrogen (secondary N) is 1. The van der Waals surface area contributed by atoms with Crippen molar-refractivity contribution in [2.24, 2.45) is 0 Å². The number of benzene rings is 1. The molecule has 0 saturated heterocycles. The maximum atomic E-state index is 12.2. The molecule has 0 bridgehead atoms. The van der Waals surface area contributed by atoms with Crippen LogP contribution >= 0.6 is 43.2 Å². The maximum Gasteiger partial charge on any atom is 0.252 e. The number of amides is 1. The van der Waals surface area contributed by atoms with Crippen LogP contribution in [0.4, 0.5) is 0 Å². The van der Waals surface area contributed by atoms with Crippen molar-refractivity contribution in [1.82, 2.24) is 5.32 Å². The number of carbonyl (C=O) groups excluding carboxylic acids is 1. The molecule has 2 aromatic rings. The molecule has 1 heterocycles. The molecule has 0 unspecified atom stereocenters. The lowest BCUT2D eigenvalue weighted by Crippen LogP contribution is -2.22. The number of halogens is 2. The number of rotatable bonds is 3. The molecule has 1 aromatic carbocycles. The predicted molar refractivity (Wildman–Crippen MR) is 89.4 cm³/mol. The minimum Gasteiger partial charge on any atom is -0.347 e. The van der Waals surface area contributed by atoms with E-state index in [1.807, 2.05) is 29.5 Å². The summed E-state index contributed by atoms with van der Waals surface area (Å²) in [5.41, 5.74) is 2.14. The Morgan fingerprint density at radius 1 is 1.25 bits per heavy atom. The molecule has 0 atom stereocenters. The molecule has 104 valence electrons. The molecule has 2 nitrogen and oxygen atoms in total. The molecule has 1 N–H and O–H groups in total. The van der Waals surface area contributed by atoms with Crippen LogP contribution in [0.5, 0.6) is 0 Å². The average Bonchev–Trinajstić information content (AvgIpc) is 2.96. The van der Waals surface area contributed by atoms with Crippen molar-refractivity contribution in [1.29, 1.82) is 0 Å². The molecular weight excluding hydrogens is 402 g/mol. The van der Waals surface area contributed by atoms with Crippen LogP contribution in [-0.4, -0.2) is 5.91 Å². The summed E-state index contributed by atoms with van der Waals surface area (Å²) in [6.07, 6.45) is 3.67. The Hall–Kier alpha value is -0.650. The van der Waals surface area contributed by atoms with Crippen molar-refractivity contribution in [2.45, 2.75) is 25.8 Å². The Labute approximate surface area is 138 Å². The van der Waals surface area contributed by atoms with Gasteiger partial charge in [-0.3, -0.25) is 4.79 Å². The fourth-order valence-corrected chi connectivity index (χ4v) is 4.84. The number of aryl methyl sites for hydroxylation is 2. The Morgan fingerprint density at radius 3 is 2.85 bits per heavy atom. The molecule has 0 radical (unpaired) electrons. The third-order valence-corrected chi connectivity index (χ3v) is 5.78. The van der Waals surface area contributed by atoms with E-state index in [0.717, 1.165) is 8.95 Å². The van der Waals surface area contributed by atoms with Crippen molar-refractivity contribution < 1.29 is 4.79 Å². The fourth-order valence-electron chi connectivity index (χ4n) is 2.41. The number of thiophene rings is 1. The summed E-state index contributed by atoms with van der Waals surface area (Å²) in [4.78, 5) is 14.9. The zero-order valence-corrected chi connectivity index (χ0v) is 14.7. The topological polar surface area (TPSA) is 29.1 Å². The highest BCUT2D eigenvalue weighted by atomic mass is 79.9. The lowest BCUT2D eigenvalue weighted by Gasteiger charge is -2.06. The molecule has 0 saturated carbocycles. The Morgan fingerprint density at radius 2 is 2.10 bits per heavy atom. The van der Waals surface area contributed by atoms with Crippen LogP contribution in [0, 0.1) is 0 Å². The second-order valence-corrected chi connectivity index (χ2v) is 7.81. The molecule has 0 spiro atoms. The molecule has 3 rings (SSSR count). The van der Waals surface area contributed by atoms with Gasteiger partial charge in [-0.2, -0.15) is 0 Å². The predicted octanol–water partition coefficient (Wildman–Crippen LogP) is 4.69. The van der Waals surface area contributed by atoms with Crippen LogP contribution in [-0.2, 0) is 19.4 Å². The van der Waals surface area contributed by atoms with Crippen LogP contribution in [0.25, 0.3) is 0 Å². The van der Waals surface area contributed by atoms with Gasteiger partial charge in [-0.15, -0.1) is 11.3 Å². The summed E-state index contributed by atoms with van der Waals surface area (Å²) in [7, 11) is 0. The molecule has 5 heteroatoms. The molecular formula is C15H13Br2NOS. The van der Waals surface area contributed by atoms with Crippen LogP contribution < -0.4 is 5.32 Å². The van der Waals surface area contributed by atoms with E-state index in [-0.39, 0.29) is 5.91 Å². The van der Waals surface area contributed by atoms with Gasteiger partial charge in [0.05, 0.1) is 12.1 Å². The Bertz CT molecular complexity index is 644. The maximum absolute atomic E-state index is 12.2. The van der Waals surface area contributed by atoms with E-state index in [9.17, 15) is 4.79 Å². The number of hydrogen-bond acceptors (Lipinski definition) is 2. The van der Waals surface area contributed by atoms with Gasteiger partial charge in [-0.1, -0.05) is 15.9 Å². The van der Waals surface area contributed by atoms with E-state index >= 15 is 0 Å². The summed E-state index contributed by atoms with van der Waals surface area (Å²) in [6.45, 7) is 0.610. The summed E-state index contributed by atoms with van der Waals surface area (Å²) < 4.78 is 1.76. The monoisotopic (exact) mass is 413 g/mol. The van der Waals surface area contributed by atoms with Crippen LogP contribution in [0.3, 0.4) is 0 Å². The first-order chi connectivity index (χ1) is 9.63. The number of fused-ring (bicyclic) bond motifs is 1. The first-order valence-corrected chi connectivity index (χ1v) is 8.87. The Balaban J connectivity index is 1.66. The smallest absolute Gasteiger partial charge is 0.252 e. The summed E-state index contributed by atoms with van der Waals surface area (Å²) in [5, 5.41) is 2.99. The highest BCUT2D eigenvalue weighted by molar-refractivity contribution is 9.11. The van der Waals surface area contributed by atoms with Crippen LogP contribution in [0.2, 0.25) is 0 Å². The lowest BCUT2D eigenvalue weighted by atomic mass is 10.2. The zero-order valence-electron chi connectivity index (χ0n) is 10.7. The van der Waals surface area contributed by atoms with E-state index in [1.54, 1.807) is 0 Å². The van der Waals surface area contributed by atoms with E-state index in [2.05, 4.69) is 43.2 Å². The first-order valence-electron chi connectivity index (χ1n) is 6.47. The van der Waals surface area contributed by atoms with Gasteiger partial charge in [0.25, 0.3) is 5.91 Å². The van der Waals surface area contributed by atoms with Crippen molar-refractivity contribution in [3.05, 3.63) is 54.1 Å². The molecule has 0 fully saturated rings. The van der Waals surface area contributed by atoms with Crippen LogP contribution in [0.15, 0.2) is 33.2 Å². The summed E-state index contributed by atoms with van der Waals surface area (Å²) >= 11 is 8.64. The standard InChI is InChI=1S/C15H13Br2NOS/c16-10-4-5-12(13(17)7-10)15(19)18-8-11-6-9-2-1-3-14(9)20-11/h4-7H,1-3,8H2,(H,18,19). The van der Waals surface area contributed by atoms with Gasteiger partial charge >= 0.3 is 0 Å². The fraction of sp³-hybridized carbons (Fsp3) is 0.267. The van der Waals surface area contributed by atoms with Crippen molar-refractivity contribution in [3.63, 3.8) is 0 Å². The molecule has 1 aliphatic carbocycles. The van der Waals surface area contributed by atoms with Gasteiger partial charge in [0, 0.05) is 18.7 Å². The minimum atomic E-state index is -0.0436. The average molecular weight is 415 g/mol. The SMILES string of the molecule is O=C(NCc1cc2c(s1)CCC2)c1ccc(Br)cc1Br. The Kier molecular flexibility index (Phi) is 4.29. The summed E-state index contributed by atoms with van der Waals surface area (Å²) in [6, 6.07) is 7.82. The largest absolute Gasteiger partial charge is 0.347 e. The van der Waals surface area contributed by atoms with Gasteiger partial charge < -0.3 is 5.32 Å². The van der Waals surface area contributed by atoms with Gasteiger partial charge in [-0.05, 0) is 65.0 Å². The molecule has 0 aliphatic heterocycles. The molecule has 1 aromatic heterocycles. The van der Waals surface area contributed by atoms with Gasteiger partial charge in [0.2, 0.25) is 0 Å². The van der Waals surface area contributed by atoms with Crippen molar-refractivity contribution in [2.75, 3.05) is 0 Å². The van der Waals surface area contributed by atoms with Gasteiger partial charge in [0.15, 0.2) is 0 Å². The van der Waals surface area contributed by atoms with E-state index in [4.69, 9.17) is 0 Å². The van der Waals surface area contributed by atoms with Gasteiger partial charge in [0.1, 0.15) is 0 Å². The van der Waals surface area contributed by atoms with Gasteiger partial charge in [-0.25, -0.2) is 0 Å². The second kappa shape index (κ2) is 6.00. The third kappa shape index (κ3) is 3.00. The second-order valence-electron chi connectivity index (χ2n) is 4.82. The molecule has 1 aliphatic rings. The molecule has 20 heavy (non-hydrogen) atoms. The number of hydrogen-bond donors (Lipinski definition) is 1. The van der Waals surface area contributed by atoms with Crippen molar-refractivity contribution >= 4 is 49.1 Å². The zero-order chi connectivity index (χ0) is 14.1. The normalized spacial score (nSPS) is 13.3. The summed E-state index contributed by atoms with van der Waals surface area (Å²) in [5.74, 6) is -0.0436.